The van der Waals surface area contributed by atoms with Crippen LogP contribution in [0.3, 0.4) is 0 Å². The molecular weight excluding hydrogens is 250 g/mol. The van der Waals surface area contributed by atoms with Gasteiger partial charge in [-0.15, -0.1) is 0 Å². The van der Waals surface area contributed by atoms with Crippen LogP contribution in [0.2, 0.25) is 0 Å². The number of rotatable bonds is 4. The summed E-state index contributed by atoms with van der Waals surface area (Å²) >= 11 is 0. The van der Waals surface area contributed by atoms with Crippen LogP contribution in [0.5, 0.6) is 0 Å². The van der Waals surface area contributed by atoms with Gasteiger partial charge in [0, 0.05) is 32.4 Å². The van der Waals surface area contributed by atoms with Crippen LogP contribution in [0.25, 0.3) is 0 Å². The fourth-order valence-corrected chi connectivity index (χ4v) is 2.73. The van der Waals surface area contributed by atoms with E-state index in [-0.39, 0.29) is 5.91 Å². The van der Waals surface area contributed by atoms with E-state index >= 15 is 0 Å². The highest BCUT2D eigenvalue weighted by atomic mass is 16.2. The van der Waals surface area contributed by atoms with Crippen molar-refractivity contribution in [3.63, 3.8) is 0 Å². The molecule has 0 saturated carbocycles. The zero-order chi connectivity index (χ0) is 14.8. The first kappa shape index (κ1) is 14.9. The molecule has 2 rings (SSSR count). The summed E-state index contributed by atoms with van der Waals surface area (Å²) in [7, 11) is 1.82. The van der Waals surface area contributed by atoms with Crippen molar-refractivity contribution in [3.05, 3.63) is 29.8 Å². The maximum Gasteiger partial charge on any atom is 0.242 e. The molecule has 0 aromatic heterocycles. The SMILES string of the molecule is CN(Cc1ccccc1N1CCCC1)C(=O)C(C)(C)N. The molecule has 1 aliphatic heterocycles. The molecule has 20 heavy (non-hydrogen) atoms. The Kier molecular flexibility index (Phi) is 4.33. The molecule has 0 unspecified atom stereocenters. The van der Waals surface area contributed by atoms with Crippen molar-refractivity contribution in [2.75, 3.05) is 25.0 Å². The van der Waals surface area contributed by atoms with Crippen LogP contribution >= 0.6 is 0 Å². The van der Waals surface area contributed by atoms with Crippen molar-refractivity contribution in [2.45, 2.75) is 38.8 Å². The number of anilines is 1. The average Bonchev–Trinajstić information content (AvgIpc) is 2.91. The van der Waals surface area contributed by atoms with Gasteiger partial charge in [-0.25, -0.2) is 0 Å². The van der Waals surface area contributed by atoms with E-state index in [2.05, 4.69) is 23.1 Å². The van der Waals surface area contributed by atoms with Gasteiger partial charge in [-0.05, 0) is 38.3 Å². The van der Waals surface area contributed by atoms with Gasteiger partial charge in [0.1, 0.15) is 0 Å². The number of nitrogens with zero attached hydrogens (tertiary/aromatic N) is 2. The Bertz CT molecular complexity index is 473. The largest absolute Gasteiger partial charge is 0.371 e. The zero-order valence-electron chi connectivity index (χ0n) is 12.7. The fourth-order valence-electron chi connectivity index (χ4n) is 2.73. The van der Waals surface area contributed by atoms with Crippen molar-refractivity contribution in [1.29, 1.82) is 0 Å². The van der Waals surface area contributed by atoms with Crippen LogP contribution in [-0.4, -0.2) is 36.5 Å². The number of carbonyl (C=O) groups excluding carboxylic acids is 1. The smallest absolute Gasteiger partial charge is 0.242 e. The van der Waals surface area contributed by atoms with E-state index in [0.29, 0.717) is 6.54 Å². The summed E-state index contributed by atoms with van der Waals surface area (Å²) in [4.78, 5) is 16.3. The van der Waals surface area contributed by atoms with E-state index in [4.69, 9.17) is 5.73 Å². The highest BCUT2D eigenvalue weighted by Gasteiger charge is 2.26. The molecule has 1 fully saturated rings. The Morgan fingerprint density at radius 1 is 1.30 bits per heavy atom. The lowest BCUT2D eigenvalue weighted by Crippen LogP contribution is -2.49. The minimum absolute atomic E-state index is 0.0336. The standard InChI is InChI=1S/C16H25N3O/c1-16(2,17)15(20)18(3)12-13-8-4-5-9-14(13)19-10-6-7-11-19/h4-5,8-9H,6-7,10-12,17H2,1-3H3. The molecular formula is C16H25N3O. The van der Waals surface area contributed by atoms with Gasteiger partial charge >= 0.3 is 0 Å². The van der Waals surface area contributed by atoms with Crippen molar-refractivity contribution < 1.29 is 4.79 Å². The number of nitrogens with two attached hydrogens (primary N) is 1. The number of benzene rings is 1. The van der Waals surface area contributed by atoms with Crippen LogP contribution in [0.1, 0.15) is 32.3 Å². The Balaban J connectivity index is 2.15. The lowest BCUT2D eigenvalue weighted by molar-refractivity contribution is -0.134. The number of carbonyl (C=O) groups is 1. The second-order valence-electron chi connectivity index (χ2n) is 6.21. The van der Waals surface area contributed by atoms with E-state index in [1.165, 1.54) is 24.1 Å². The van der Waals surface area contributed by atoms with Crippen LogP contribution in [0.4, 0.5) is 5.69 Å². The van der Waals surface area contributed by atoms with E-state index < -0.39 is 5.54 Å². The summed E-state index contributed by atoms with van der Waals surface area (Å²) < 4.78 is 0. The monoisotopic (exact) mass is 275 g/mol. The third-order valence-electron chi connectivity index (χ3n) is 3.74. The van der Waals surface area contributed by atoms with Gasteiger partial charge in [-0.1, -0.05) is 18.2 Å². The number of hydrogen-bond donors (Lipinski definition) is 1. The van der Waals surface area contributed by atoms with Crippen LogP contribution < -0.4 is 10.6 Å². The molecule has 2 N–H and O–H groups in total. The lowest BCUT2D eigenvalue weighted by atomic mass is 10.0. The first-order valence-electron chi connectivity index (χ1n) is 7.27. The molecule has 0 bridgehead atoms. The quantitative estimate of drug-likeness (QED) is 0.914. The van der Waals surface area contributed by atoms with Crippen molar-refractivity contribution >= 4 is 11.6 Å². The van der Waals surface area contributed by atoms with E-state index in [1.54, 1.807) is 18.7 Å². The maximum atomic E-state index is 12.2. The summed E-state index contributed by atoms with van der Waals surface area (Å²) in [5, 5.41) is 0. The molecule has 1 aromatic rings. The molecule has 0 spiro atoms. The van der Waals surface area contributed by atoms with Crippen LogP contribution in [0, 0.1) is 0 Å². The number of para-hydroxylation sites is 1. The minimum Gasteiger partial charge on any atom is -0.371 e. The Hall–Kier alpha value is -1.55. The van der Waals surface area contributed by atoms with E-state index in [0.717, 1.165) is 13.1 Å². The predicted octanol–water partition coefficient (Wildman–Crippen LogP) is 1.98. The van der Waals surface area contributed by atoms with Crippen molar-refractivity contribution in [2.24, 2.45) is 5.73 Å². The molecule has 0 radical (unpaired) electrons. The Labute approximate surface area is 121 Å². The van der Waals surface area contributed by atoms with Gasteiger partial charge in [0.25, 0.3) is 0 Å². The van der Waals surface area contributed by atoms with Gasteiger partial charge in [-0.2, -0.15) is 0 Å². The second-order valence-corrected chi connectivity index (χ2v) is 6.21. The van der Waals surface area contributed by atoms with Gasteiger partial charge < -0.3 is 15.5 Å². The van der Waals surface area contributed by atoms with Crippen LogP contribution in [-0.2, 0) is 11.3 Å². The molecule has 1 saturated heterocycles. The average molecular weight is 275 g/mol. The molecule has 1 amide bonds. The molecule has 4 heteroatoms. The molecule has 1 aliphatic rings. The number of amides is 1. The first-order valence-corrected chi connectivity index (χ1v) is 7.27. The molecule has 1 heterocycles. The third-order valence-corrected chi connectivity index (χ3v) is 3.74. The van der Waals surface area contributed by atoms with Gasteiger partial charge in [0.05, 0.1) is 5.54 Å². The Morgan fingerprint density at radius 3 is 2.50 bits per heavy atom. The zero-order valence-corrected chi connectivity index (χ0v) is 12.7. The lowest BCUT2D eigenvalue weighted by Gasteiger charge is -2.28. The summed E-state index contributed by atoms with van der Waals surface area (Å²) in [5.41, 5.74) is 7.51. The maximum absolute atomic E-state index is 12.2. The summed E-state index contributed by atoms with van der Waals surface area (Å²) in [6, 6.07) is 8.33. The van der Waals surface area contributed by atoms with Gasteiger partial charge in [0.15, 0.2) is 0 Å². The molecule has 4 nitrogen and oxygen atoms in total. The second kappa shape index (κ2) is 5.83. The first-order chi connectivity index (χ1) is 9.39. The van der Waals surface area contributed by atoms with Gasteiger partial charge in [0.2, 0.25) is 5.91 Å². The molecule has 1 aromatic carbocycles. The van der Waals surface area contributed by atoms with Crippen molar-refractivity contribution in [3.8, 4) is 0 Å². The molecule has 0 aliphatic carbocycles. The molecule has 0 atom stereocenters. The topological polar surface area (TPSA) is 49.6 Å². The summed E-state index contributed by atoms with van der Waals surface area (Å²) in [6.45, 7) is 6.32. The normalized spacial score (nSPS) is 15.5. The number of likely N-dealkylation sites (N-methyl/N-ethyl adjacent to an activating group) is 1. The van der Waals surface area contributed by atoms with Crippen LogP contribution in [0.15, 0.2) is 24.3 Å². The van der Waals surface area contributed by atoms with Gasteiger partial charge in [-0.3, -0.25) is 4.79 Å². The predicted molar refractivity (Wildman–Crippen MR) is 82.6 cm³/mol. The summed E-state index contributed by atoms with van der Waals surface area (Å²) in [6.07, 6.45) is 2.50. The third kappa shape index (κ3) is 3.31. The fraction of sp³-hybridized carbons (Fsp3) is 0.562. The molecule has 110 valence electrons. The highest BCUT2D eigenvalue weighted by Crippen LogP contribution is 2.25. The number of hydrogen-bond acceptors (Lipinski definition) is 3. The Morgan fingerprint density at radius 2 is 1.90 bits per heavy atom. The minimum atomic E-state index is -0.822. The highest BCUT2D eigenvalue weighted by molar-refractivity contribution is 5.85. The van der Waals surface area contributed by atoms with E-state index in [9.17, 15) is 4.79 Å². The van der Waals surface area contributed by atoms with E-state index in [1.807, 2.05) is 13.1 Å². The van der Waals surface area contributed by atoms with Crippen molar-refractivity contribution in [1.82, 2.24) is 4.90 Å². The summed E-state index contributed by atoms with van der Waals surface area (Å²) in [5.74, 6) is -0.0336.